The van der Waals surface area contributed by atoms with E-state index in [0.717, 1.165) is 19.3 Å². The van der Waals surface area contributed by atoms with Gasteiger partial charge in [-0.1, -0.05) is 19.1 Å². The number of carbonyl (C=O) groups is 2. The zero-order valence-electron chi connectivity index (χ0n) is 11.9. The molecule has 0 aromatic heterocycles. The van der Waals surface area contributed by atoms with E-state index < -0.39 is 17.8 Å². The molecule has 4 atom stereocenters. The molecule has 1 aromatic carbocycles. The first kappa shape index (κ1) is 14.1. The van der Waals surface area contributed by atoms with Gasteiger partial charge in [0.25, 0.3) is 0 Å². The van der Waals surface area contributed by atoms with Crippen LogP contribution in [0.2, 0.25) is 0 Å². The van der Waals surface area contributed by atoms with Gasteiger partial charge in [0, 0.05) is 5.69 Å². The lowest BCUT2D eigenvalue weighted by molar-refractivity contribution is -0.147. The van der Waals surface area contributed by atoms with E-state index in [1.165, 1.54) is 5.56 Å². The lowest BCUT2D eigenvalue weighted by Gasteiger charge is -2.23. The smallest absolute Gasteiger partial charge is 0.310 e. The molecule has 2 fully saturated rings. The van der Waals surface area contributed by atoms with Crippen LogP contribution in [0.25, 0.3) is 0 Å². The number of hydrogen-bond acceptors (Lipinski definition) is 3. The number of aryl methyl sites for hydroxylation is 1. The Bertz CT molecular complexity index is 554. The third-order valence-electron chi connectivity index (χ3n) is 4.49. The molecule has 5 nitrogen and oxygen atoms in total. The predicted molar refractivity (Wildman–Crippen MR) is 77.0 cm³/mol. The van der Waals surface area contributed by atoms with Crippen LogP contribution in [0.5, 0.6) is 0 Å². The van der Waals surface area contributed by atoms with Gasteiger partial charge in [0.05, 0.1) is 24.0 Å². The van der Waals surface area contributed by atoms with Gasteiger partial charge in [0.15, 0.2) is 0 Å². The molecule has 2 bridgehead atoms. The van der Waals surface area contributed by atoms with Crippen molar-refractivity contribution in [3.8, 4) is 0 Å². The number of amides is 1. The number of aliphatic carboxylic acids is 1. The molecule has 0 unspecified atom stereocenters. The number of nitrogens with one attached hydrogen (secondary N) is 1. The number of carboxylic acid groups (broad SMARTS) is 1. The second kappa shape index (κ2) is 5.48. The van der Waals surface area contributed by atoms with Crippen LogP contribution in [0.4, 0.5) is 5.69 Å². The van der Waals surface area contributed by atoms with E-state index in [0.29, 0.717) is 5.69 Å². The van der Waals surface area contributed by atoms with Crippen molar-refractivity contribution in [3.05, 3.63) is 29.8 Å². The summed E-state index contributed by atoms with van der Waals surface area (Å²) in [6.45, 7) is 2.07. The highest BCUT2D eigenvalue weighted by atomic mass is 16.5. The molecular formula is C16H19NO4. The van der Waals surface area contributed by atoms with Gasteiger partial charge in [0.2, 0.25) is 5.91 Å². The first-order valence-electron chi connectivity index (χ1n) is 7.38. The number of fused-ring (bicyclic) bond motifs is 2. The second-order valence-corrected chi connectivity index (χ2v) is 5.72. The van der Waals surface area contributed by atoms with Gasteiger partial charge in [-0.05, 0) is 37.0 Å². The zero-order valence-corrected chi connectivity index (χ0v) is 11.9. The van der Waals surface area contributed by atoms with Crippen LogP contribution in [0, 0.1) is 11.8 Å². The van der Waals surface area contributed by atoms with E-state index in [2.05, 4.69) is 12.2 Å². The van der Waals surface area contributed by atoms with Crippen LogP contribution in [-0.2, 0) is 20.7 Å². The van der Waals surface area contributed by atoms with Gasteiger partial charge < -0.3 is 15.2 Å². The highest BCUT2D eigenvalue weighted by Crippen LogP contribution is 2.44. The Morgan fingerprint density at radius 3 is 2.38 bits per heavy atom. The summed E-state index contributed by atoms with van der Waals surface area (Å²) in [5.74, 6) is -2.51. The number of ether oxygens (including phenoxy) is 1. The molecule has 0 saturated carbocycles. The summed E-state index contributed by atoms with van der Waals surface area (Å²) in [7, 11) is 0. The molecule has 112 valence electrons. The summed E-state index contributed by atoms with van der Waals surface area (Å²) < 4.78 is 5.61. The normalized spacial score (nSPS) is 30.3. The van der Waals surface area contributed by atoms with Gasteiger partial charge >= 0.3 is 5.97 Å². The van der Waals surface area contributed by atoms with Crippen molar-refractivity contribution in [2.75, 3.05) is 5.32 Å². The molecule has 0 spiro atoms. The number of carboxylic acids is 1. The second-order valence-electron chi connectivity index (χ2n) is 5.72. The maximum absolute atomic E-state index is 12.4. The van der Waals surface area contributed by atoms with Crippen LogP contribution < -0.4 is 5.32 Å². The highest BCUT2D eigenvalue weighted by Gasteiger charge is 2.55. The van der Waals surface area contributed by atoms with E-state index in [9.17, 15) is 14.7 Å². The van der Waals surface area contributed by atoms with E-state index in [1.807, 2.05) is 24.3 Å². The van der Waals surface area contributed by atoms with Crippen molar-refractivity contribution in [3.63, 3.8) is 0 Å². The van der Waals surface area contributed by atoms with Crippen molar-refractivity contribution in [2.24, 2.45) is 11.8 Å². The van der Waals surface area contributed by atoms with E-state index in [-0.39, 0.29) is 18.1 Å². The van der Waals surface area contributed by atoms with Gasteiger partial charge in [-0.25, -0.2) is 0 Å². The fourth-order valence-corrected chi connectivity index (χ4v) is 3.37. The molecule has 3 rings (SSSR count). The molecule has 2 aliphatic heterocycles. The van der Waals surface area contributed by atoms with Crippen molar-refractivity contribution in [1.82, 2.24) is 0 Å². The lowest BCUT2D eigenvalue weighted by Crippen LogP contribution is -2.40. The molecule has 0 radical (unpaired) electrons. The van der Waals surface area contributed by atoms with Crippen molar-refractivity contribution in [2.45, 2.75) is 38.4 Å². The van der Waals surface area contributed by atoms with Gasteiger partial charge in [-0.3, -0.25) is 9.59 Å². The fourth-order valence-electron chi connectivity index (χ4n) is 3.37. The molecule has 2 heterocycles. The summed E-state index contributed by atoms with van der Waals surface area (Å²) >= 11 is 0. The summed E-state index contributed by atoms with van der Waals surface area (Å²) in [6, 6.07) is 7.62. The summed E-state index contributed by atoms with van der Waals surface area (Å²) in [5, 5.41) is 12.2. The monoisotopic (exact) mass is 289 g/mol. The standard InChI is InChI=1S/C16H19NO4/c1-2-9-3-5-10(6-4-9)17-15(18)13-11-7-8-12(21-11)14(13)16(19)20/h3-6,11-14H,2,7-8H2,1H3,(H,17,18)(H,19,20)/t11-,12-,13-,14-/m1/s1. The fraction of sp³-hybridized carbons (Fsp3) is 0.500. The van der Waals surface area contributed by atoms with E-state index >= 15 is 0 Å². The minimum absolute atomic E-state index is 0.251. The first-order valence-corrected chi connectivity index (χ1v) is 7.38. The molecule has 1 aromatic rings. The molecule has 2 saturated heterocycles. The minimum Gasteiger partial charge on any atom is -0.481 e. The third kappa shape index (κ3) is 2.53. The maximum atomic E-state index is 12.4. The number of anilines is 1. The lowest BCUT2D eigenvalue weighted by atomic mass is 9.78. The quantitative estimate of drug-likeness (QED) is 0.889. The Kier molecular flexibility index (Phi) is 3.68. The number of carbonyl (C=O) groups excluding carboxylic acids is 1. The number of rotatable bonds is 4. The Morgan fingerprint density at radius 2 is 1.81 bits per heavy atom. The topological polar surface area (TPSA) is 75.6 Å². The third-order valence-corrected chi connectivity index (χ3v) is 4.49. The molecule has 1 amide bonds. The molecule has 5 heteroatoms. The predicted octanol–water partition coefficient (Wildman–Crippen LogP) is 2.07. The number of hydrogen-bond donors (Lipinski definition) is 2. The van der Waals surface area contributed by atoms with Gasteiger partial charge in [-0.2, -0.15) is 0 Å². The van der Waals surface area contributed by atoms with Crippen LogP contribution in [0.1, 0.15) is 25.3 Å². The molecule has 2 N–H and O–H groups in total. The average molecular weight is 289 g/mol. The van der Waals surface area contributed by atoms with Crippen LogP contribution in [0.3, 0.4) is 0 Å². The van der Waals surface area contributed by atoms with E-state index in [4.69, 9.17) is 4.74 Å². The largest absolute Gasteiger partial charge is 0.481 e. The Balaban J connectivity index is 1.73. The molecule has 21 heavy (non-hydrogen) atoms. The van der Waals surface area contributed by atoms with E-state index in [1.54, 1.807) is 0 Å². The van der Waals surface area contributed by atoms with Gasteiger partial charge in [-0.15, -0.1) is 0 Å². The SMILES string of the molecule is CCc1ccc(NC(=O)[C@H]2[C@H](C(=O)O)[C@H]3CC[C@H]2O3)cc1. The Labute approximate surface area is 123 Å². The summed E-state index contributed by atoms with van der Waals surface area (Å²) in [6.07, 6.45) is 1.87. The van der Waals surface area contributed by atoms with Crippen molar-refractivity contribution >= 4 is 17.6 Å². The maximum Gasteiger partial charge on any atom is 0.310 e. The van der Waals surface area contributed by atoms with Crippen LogP contribution >= 0.6 is 0 Å². The summed E-state index contributed by atoms with van der Waals surface area (Å²) in [5.41, 5.74) is 1.89. The molecule has 2 aliphatic rings. The summed E-state index contributed by atoms with van der Waals surface area (Å²) in [4.78, 5) is 23.8. The van der Waals surface area contributed by atoms with Crippen LogP contribution in [0.15, 0.2) is 24.3 Å². The minimum atomic E-state index is -0.941. The first-order chi connectivity index (χ1) is 10.1. The van der Waals surface area contributed by atoms with Crippen LogP contribution in [-0.4, -0.2) is 29.2 Å². The Morgan fingerprint density at radius 1 is 1.19 bits per heavy atom. The Hall–Kier alpha value is -1.88. The zero-order chi connectivity index (χ0) is 15.0. The highest BCUT2D eigenvalue weighted by molar-refractivity contribution is 5.96. The van der Waals surface area contributed by atoms with Crippen molar-refractivity contribution < 1.29 is 19.4 Å². The molecule has 0 aliphatic carbocycles. The molecular weight excluding hydrogens is 270 g/mol. The van der Waals surface area contributed by atoms with Crippen molar-refractivity contribution in [1.29, 1.82) is 0 Å². The van der Waals surface area contributed by atoms with Gasteiger partial charge in [0.1, 0.15) is 0 Å². The number of benzene rings is 1. The average Bonchev–Trinajstić information content (AvgIpc) is 3.08.